The van der Waals surface area contributed by atoms with Crippen molar-refractivity contribution in [3.05, 3.63) is 34.9 Å². The summed E-state index contributed by atoms with van der Waals surface area (Å²) in [6, 6.07) is 6.51. The highest BCUT2D eigenvalue weighted by Gasteiger charge is 2.12. The Hall–Kier alpha value is -0.570. The van der Waals surface area contributed by atoms with Crippen LogP contribution in [-0.2, 0) is 17.2 Å². The Morgan fingerprint density at radius 1 is 1.25 bits per heavy atom. The molecule has 0 aromatic heterocycles. The second-order valence-electron chi connectivity index (χ2n) is 4.29. The van der Waals surface area contributed by atoms with E-state index in [9.17, 15) is 0 Å². The molecule has 2 rings (SSSR count). The van der Waals surface area contributed by atoms with Crippen LogP contribution in [0.1, 0.15) is 16.7 Å². The van der Waals surface area contributed by atoms with Crippen LogP contribution in [0.25, 0.3) is 0 Å². The Morgan fingerprint density at radius 3 is 2.69 bits per heavy atom. The Bertz CT molecular complexity index is 348. The molecular weight excluding hydrogens is 222 g/mol. The van der Waals surface area contributed by atoms with Gasteiger partial charge >= 0.3 is 0 Å². The maximum atomic E-state index is 5.96. The van der Waals surface area contributed by atoms with Crippen LogP contribution in [0, 0.1) is 6.92 Å². The minimum Gasteiger partial charge on any atom is -0.379 e. The van der Waals surface area contributed by atoms with Crippen molar-refractivity contribution >= 4 is 11.6 Å². The van der Waals surface area contributed by atoms with E-state index < -0.39 is 0 Å². The molecule has 1 fully saturated rings. The molecule has 1 aromatic rings. The van der Waals surface area contributed by atoms with Crippen molar-refractivity contribution in [2.45, 2.75) is 19.3 Å². The summed E-state index contributed by atoms with van der Waals surface area (Å²) in [6.07, 6.45) is 0. The normalized spacial score (nSPS) is 17.6. The van der Waals surface area contributed by atoms with Crippen LogP contribution in [0.15, 0.2) is 18.2 Å². The van der Waals surface area contributed by atoms with Gasteiger partial charge in [0, 0.05) is 25.5 Å². The molecule has 1 aromatic carbocycles. The van der Waals surface area contributed by atoms with E-state index in [-0.39, 0.29) is 0 Å². The third-order valence-corrected chi connectivity index (χ3v) is 3.29. The standard InChI is InChI=1S/C13H18ClNO/c1-11-2-3-12(9-14)13(8-11)10-15-4-6-16-7-5-15/h2-3,8H,4-7,9-10H2,1H3. The number of aryl methyl sites for hydroxylation is 1. The average molecular weight is 240 g/mol. The molecule has 1 saturated heterocycles. The van der Waals surface area contributed by atoms with Gasteiger partial charge < -0.3 is 4.74 Å². The SMILES string of the molecule is Cc1ccc(CCl)c(CN2CCOCC2)c1. The van der Waals surface area contributed by atoms with Crippen LogP contribution in [-0.4, -0.2) is 31.2 Å². The van der Waals surface area contributed by atoms with Crippen molar-refractivity contribution in [3.8, 4) is 0 Å². The largest absolute Gasteiger partial charge is 0.379 e. The van der Waals surface area contributed by atoms with E-state index in [1.54, 1.807) is 0 Å². The smallest absolute Gasteiger partial charge is 0.0594 e. The van der Waals surface area contributed by atoms with E-state index in [1.165, 1.54) is 16.7 Å². The third-order valence-electron chi connectivity index (χ3n) is 3.00. The molecule has 0 atom stereocenters. The lowest BCUT2D eigenvalue weighted by atomic mass is 10.0. The minimum atomic E-state index is 0.597. The number of rotatable bonds is 3. The van der Waals surface area contributed by atoms with Crippen LogP contribution in [0.3, 0.4) is 0 Å². The lowest BCUT2D eigenvalue weighted by Crippen LogP contribution is -2.35. The zero-order valence-corrected chi connectivity index (χ0v) is 10.5. The number of hydrogen-bond donors (Lipinski definition) is 0. The van der Waals surface area contributed by atoms with Crippen molar-refractivity contribution in [1.82, 2.24) is 4.90 Å². The lowest BCUT2D eigenvalue weighted by Gasteiger charge is -2.27. The van der Waals surface area contributed by atoms with E-state index in [2.05, 4.69) is 30.0 Å². The summed E-state index contributed by atoms with van der Waals surface area (Å²) in [5, 5.41) is 0. The van der Waals surface area contributed by atoms with Gasteiger partial charge in [0.2, 0.25) is 0 Å². The summed E-state index contributed by atoms with van der Waals surface area (Å²) in [7, 11) is 0. The quantitative estimate of drug-likeness (QED) is 0.752. The zero-order chi connectivity index (χ0) is 11.4. The summed E-state index contributed by atoms with van der Waals surface area (Å²) < 4.78 is 5.35. The molecule has 0 N–H and O–H groups in total. The van der Waals surface area contributed by atoms with Gasteiger partial charge in [0.15, 0.2) is 0 Å². The third kappa shape index (κ3) is 2.97. The summed E-state index contributed by atoms with van der Waals surface area (Å²) in [5.74, 6) is 0.597. The van der Waals surface area contributed by atoms with Crippen LogP contribution in [0.5, 0.6) is 0 Å². The van der Waals surface area contributed by atoms with Crippen molar-refractivity contribution < 1.29 is 4.74 Å². The van der Waals surface area contributed by atoms with E-state index in [4.69, 9.17) is 16.3 Å². The highest BCUT2D eigenvalue weighted by Crippen LogP contribution is 2.16. The van der Waals surface area contributed by atoms with Crippen LogP contribution >= 0.6 is 11.6 Å². The first kappa shape index (κ1) is 11.9. The fourth-order valence-corrected chi connectivity index (χ4v) is 2.29. The first-order valence-electron chi connectivity index (χ1n) is 5.74. The number of halogens is 1. The first-order chi connectivity index (χ1) is 7.79. The molecular formula is C13H18ClNO. The van der Waals surface area contributed by atoms with E-state index >= 15 is 0 Å². The molecule has 0 spiro atoms. The van der Waals surface area contributed by atoms with Crippen LogP contribution < -0.4 is 0 Å². The number of nitrogens with zero attached hydrogens (tertiary/aromatic N) is 1. The molecule has 3 heteroatoms. The van der Waals surface area contributed by atoms with Gasteiger partial charge in [-0.2, -0.15) is 0 Å². The van der Waals surface area contributed by atoms with Gasteiger partial charge in [-0.1, -0.05) is 23.8 Å². The highest BCUT2D eigenvalue weighted by molar-refractivity contribution is 6.17. The van der Waals surface area contributed by atoms with Gasteiger partial charge in [0.05, 0.1) is 13.2 Å². The Morgan fingerprint density at radius 2 is 2.00 bits per heavy atom. The second kappa shape index (κ2) is 5.67. The number of benzene rings is 1. The molecule has 2 nitrogen and oxygen atoms in total. The number of morpholine rings is 1. The number of alkyl halides is 1. The molecule has 0 bridgehead atoms. The topological polar surface area (TPSA) is 12.5 Å². The van der Waals surface area contributed by atoms with E-state index in [0.717, 1.165) is 32.8 Å². The Kier molecular flexibility index (Phi) is 4.22. The predicted octanol–water partition coefficient (Wildman–Crippen LogP) is 2.57. The zero-order valence-electron chi connectivity index (χ0n) is 9.71. The molecule has 0 saturated carbocycles. The van der Waals surface area contributed by atoms with E-state index in [1.807, 2.05) is 0 Å². The molecule has 1 aliphatic heterocycles. The molecule has 0 unspecified atom stereocenters. The van der Waals surface area contributed by atoms with Gasteiger partial charge in [-0.25, -0.2) is 0 Å². The summed E-state index contributed by atoms with van der Waals surface area (Å²) in [6.45, 7) is 6.86. The van der Waals surface area contributed by atoms with Gasteiger partial charge in [-0.3, -0.25) is 4.90 Å². The van der Waals surface area contributed by atoms with Crippen LogP contribution in [0.2, 0.25) is 0 Å². The molecule has 1 heterocycles. The summed E-state index contributed by atoms with van der Waals surface area (Å²) in [4.78, 5) is 2.42. The molecule has 0 amide bonds. The van der Waals surface area contributed by atoms with Crippen LogP contribution in [0.4, 0.5) is 0 Å². The fraction of sp³-hybridized carbons (Fsp3) is 0.538. The molecule has 0 aliphatic carbocycles. The minimum absolute atomic E-state index is 0.597. The average Bonchev–Trinajstić information content (AvgIpc) is 2.31. The van der Waals surface area contributed by atoms with Crippen molar-refractivity contribution in [1.29, 1.82) is 0 Å². The van der Waals surface area contributed by atoms with Crippen molar-refractivity contribution in [2.24, 2.45) is 0 Å². The predicted molar refractivity (Wildman–Crippen MR) is 66.8 cm³/mol. The van der Waals surface area contributed by atoms with Gasteiger partial charge in [-0.05, 0) is 18.1 Å². The summed E-state index contributed by atoms with van der Waals surface area (Å²) in [5.41, 5.74) is 3.91. The van der Waals surface area contributed by atoms with Gasteiger partial charge in [0.25, 0.3) is 0 Å². The monoisotopic (exact) mass is 239 g/mol. The molecule has 0 radical (unpaired) electrons. The first-order valence-corrected chi connectivity index (χ1v) is 6.27. The Balaban J connectivity index is 2.09. The Labute approximate surface area is 102 Å². The van der Waals surface area contributed by atoms with Crippen molar-refractivity contribution in [3.63, 3.8) is 0 Å². The van der Waals surface area contributed by atoms with E-state index in [0.29, 0.717) is 5.88 Å². The van der Waals surface area contributed by atoms with Gasteiger partial charge in [-0.15, -0.1) is 11.6 Å². The lowest BCUT2D eigenvalue weighted by molar-refractivity contribution is 0.0341. The fourth-order valence-electron chi connectivity index (χ4n) is 2.03. The maximum absolute atomic E-state index is 5.96. The molecule has 16 heavy (non-hydrogen) atoms. The van der Waals surface area contributed by atoms with Gasteiger partial charge in [0.1, 0.15) is 0 Å². The highest BCUT2D eigenvalue weighted by atomic mass is 35.5. The summed E-state index contributed by atoms with van der Waals surface area (Å²) >= 11 is 5.96. The van der Waals surface area contributed by atoms with Crippen molar-refractivity contribution in [2.75, 3.05) is 26.3 Å². The number of ether oxygens (including phenoxy) is 1. The number of hydrogen-bond acceptors (Lipinski definition) is 2. The molecule has 88 valence electrons. The second-order valence-corrected chi connectivity index (χ2v) is 4.56. The molecule has 1 aliphatic rings. The maximum Gasteiger partial charge on any atom is 0.0594 e.